The van der Waals surface area contributed by atoms with Crippen molar-refractivity contribution in [1.29, 1.82) is 5.26 Å². The lowest BCUT2D eigenvalue weighted by Gasteiger charge is -2.05. The molecule has 0 aliphatic carbocycles. The van der Waals surface area contributed by atoms with Gasteiger partial charge in [0, 0.05) is 29.9 Å². The summed E-state index contributed by atoms with van der Waals surface area (Å²) >= 11 is 0. The lowest BCUT2D eigenvalue weighted by molar-refractivity contribution is 0.112. The van der Waals surface area contributed by atoms with Gasteiger partial charge >= 0.3 is 0 Å². The van der Waals surface area contributed by atoms with Gasteiger partial charge in [-0.25, -0.2) is 9.37 Å². The number of rotatable bonds is 3. The molecule has 0 spiro atoms. The van der Waals surface area contributed by atoms with E-state index >= 15 is 0 Å². The predicted octanol–water partition coefficient (Wildman–Crippen LogP) is 2.91. The molecule has 2 aromatic heterocycles. The number of aldehydes is 1. The first kappa shape index (κ1) is 13.0. The first-order valence-electron chi connectivity index (χ1n) is 6.30. The van der Waals surface area contributed by atoms with E-state index in [1.165, 1.54) is 12.1 Å². The van der Waals surface area contributed by atoms with Crippen LogP contribution < -0.4 is 0 Å². The third-order valence-corrected chi connectivity index (χ3v) is 3.23. The van der Waals surface area contributed by atoms with Crippen LogP contribution in [0.5, 0.6) is 0 Å². The molecule has 0 N–H and O–H groups in total. The smallest absolute Gasteiger partial charge is 0.152 e. The highest BCUT2D eigenvalue weighted by molar-refractivity contribution is 5.95. The minimum Gasteiger partial charge on any atom is -0.327 e. The van der Waals surface area contributed by atoms with Gasteiger partial charge in [0.05, 0.1) is 11.6 Å². The standard InChI is InChI=1S/C16H10FN3O/c17-14-5-11(7-18)4-12(6-14)8-20-9-13(10-21)15-2-1-3-19-16(15)20/h1-6,9-10H,8H2. The summed E-state index contributed by atoms with van der Waals surface area (Å²) in [4.78, 5) is 15.4. The van der Waals surface area contributed by atoms with E-state index in [0.29, 0.717) is 23.3 Å². The number of pyridine rings is 1. The van der Waals surface area contributed by atoms with E-state index in [-0.39, 0.29) is 5.56 Å². The first-order valence-corrected chi connectivity index (χ1v) is 6.30. The highest BCUT2D eigenvalue weighted by atomic mass is 19.1. The zero-order valence-corrected chi connectivity index (χ0v) is 11.0. The average Bonchev–Trinajstić information content (AvgIpc) is 2.85. The molecule has 0 aliphatic rings. The van der Waals surface area contributed by atoms with Gasteiger partial charge in [0.1, 0.15) is 11.5 Å². The van der Waals surface area contributed by atoms with Crippen LogP contribution >= 0.6 is 0 Å². The lowest BCUT2D eigenvalue weighted by atomic mass is 10.1. The molecule has 0 saturated carbocycles. The Morgan fingerprint density at radius 3 is 3.00 bits per heavy atom. The predicted molar refractivity (Wildman–Crippen MR) is 75.3 cm³/mol. The number of carbonyl (C=O) groups excluding carboxylic acids is 1. The van der Waals surface area contributed by atoms with Crippen LogP contribution in [0.4, 0.5) is 4.39 Å². The fourth-order valence-electron chi connectivity index (χ4n) is 2.37. The lowest BCUT2D eigenvalue weighted by Crippen LogP contribution is -2.00. The highest BCUT2D eigenvalue weighted by Crippen LogP contribution is 2.19. The molecule has 3 aromatic rings. The normalized spacial score (nSPS) is 10.5. The molecular weight excluding hydrogens is 269 g/mol. The van der Waals surface area contributed by atoms with Gasteiger partial charge in [-0.05, 0) is 35.9 Å². The summed E-state index contributed by atoms with van der Waals surface area (Å²) in [7, 11) is 0. The number of halogens is 1. The molecule has 21 heavy (non-hydrogen) atoms. The van der Waals surface area contributed by atoms with Gasteiger partial charge in [0.2, 0.25) is 0 Å². The fourth-order valence-corrected chi connectivity index (χ4v) is 2.37. The Hall–Kier alpha value is -3.00. The molecule has 0 bridgehead atoms. The summed E-state index contributed by atoms with van der Waals surface area (Å²) < 4.78 is 15.2. The molecule has 2 heterocycles. The SMILES string of the molecule is N#Cc1cc(F)cc(Cn2cc(C=O)c3cccnc32)c1. The zero-order valence-electron chi connectivity index (χ0n) is 11.0. The molecular formula is C16H10FN3O. The third-order valence-electron chi connectivity index (χ3n) is 3.23. The van der Waals surface area contributed by atoms with Crippen molar-refractivity contribution in [2.24, 2.45) is 0 Å². The molecule has 3 rings (SSSR count). The van der Waals surface area contributed by atoms with E-state index in [1.54, 1.807) is 29.1 Å². The first-order chi connectivity index (χ1) is 10.2. The fraction of sp³-hybridized carbons (Fsp3) is 0.0625. The van der Waals surface area contributed by atoms with Crippen LogP contribution in [-0.4, -0.2) is 15.8 Å². The molecule has 0 aliphatic heterocycles. The molecule has 5 heteroatoms. The summed E-state index contributed by atoms with van der Waals surface area (Å²) in [5.41, 5.74) is 2.11. The van der Waals surface area contributed by atoms with Crippen molar-refractivity contribution < 1.29 is 9.18 Å². The van der Waals surface area contributed by atoms with Gasteiger partial charge in [-0.15, -0.1) is 0 Å². The molecule has 102 valence electrons. The summed E-state index contributed by atoms with van der Waals surface area (Å²) in [5.74, 6) is -0.455. The van der Waals surface area contributed by atoms with Crippen LogP contribution in [0.2, 0.25) is 0 Å². The van der Waals surface area contributed by atoms with Crippen molar-refractivity contribution in [1.82, 2.24) is 9.55 Å². The Balaban J connectivity index is 2.08. The van der Waals surface area contributed by atoms with Crippen LogP contribution in [0, 0.1) is 17.1 Å². The van der Waals surface area contributed by atoms with E-state index in [2.05, 4.69) is 4.98 Å². The number of carbonyl (C=O) groups is 1. The van der Waals surface area contributed by atoms with Crippen molar-refractivity contribution in [2.75, 3.05) is 0 Å². The number of hydrogen-bond acceptors (Lipinski definition) is 3. The minimum absolute atomic E-state index is 0.269. The maximum atomic E-state index is 13.5. The summed E-state index contributed by atoms with van der Waals surface area (Å²) in [5, 5.41) is 9.64. The van der Waals surface area contributed by atoms with E-state index in [1.807, 2.05) is 12.1 Å². The van der Waals surface area contributed by atoms with E-state index in [9.17, 15) is 9.18 Å². The number of nitriles is 1. The monoisotopic (exact) mass is 279 g/mol. The molecule has 0 atom stereocenters. The molecule has 0 amide bonds. The molecule has 0 fully saturated rings. The Labute approximate surface area is 120 Å². The maximum absolute atomic E-state index is 13.5. The van der Waals surface area contributed by atoms with Crippen LogP contribution in [0.25, 0.3) is 11.0 Å². The summed E-state index contributed by atoms with van der Waals surface area (Å²) in [6, 6.07) is 9.68. The van der Waals surface area contributed by atoms with Gasteiger partial charge in [-0.2, -0.15) is 5.26 Å². The molecule has 1 aromatic carbocycles. The van der Waals surface area contributed by atoms with E-state index in [0.717, 1.165) is 11.7 Å². The second kappa shape index (κ2) is 5.17. The Morgan fingerprint density at radius 2 is 2.24 bits per heavy atom. The molecule has 0 unspecified atom stereocenters. The Morgan fingerprint density at radius 1 is 1.38 bits per heavy atom. The van der Waals surface area contributed by atoms with Gasteiger partial charge in [0.25, 0.3) is 0 Å². The molecule has 0 radical (unpaired) electrons. The van der Waals surface area contributed by atoms with Crippen molar-refractivity contribution in [3.8, 4) is 6.07 Å². The van der Waals surface area contributed by atoms with E-state index in [4.69, 9.17) is 5.26 Å². The molecule has 0 saturated heterocycles. The van der Waals surface area contributed by atoms with Gasteiger partial charge in [-0.3, -0.25) is 4.79 Å². The Bertz CT molecular complexity index is 877. The summed E-state index contributed by atoms with van der Waals surface area (Å²) in [6.45, 7) is 0.341. The number of nitrogens with zero attached hydrogens (tertiary/aromatic N) is 3. The van der Waals surface area contributed by atoms with E-state index < -0.39 is 5.82 Å². The zero-order chi connectivity index (χ0) is 14.8. The average molecular weight is 279 g/mol. The largest absolute Gasteiger partial charge is 0.327 e. The minimum atomic E-state index is -0.455. The summed E-state index contributed by atoms with van der Waals surface area (Å²) in [6.07, 6.45) is 4.09. The number of hydrogen-bond donors (Lipinski definition) is 0. The molecule has 4 nitrogen and oxygen atoms in total. The topological polar surface area (TPSA) is 58.7 Å². The van der Waals surface area contributed by atoms with Crippen molar-refractivity contribution in [3.05, 3.63) is 65.2 Å². The third kappa shape index (κ3) is 2.39. The van der Waals surface area contributed by atoms with Crippen LogP contribution in [0.1, 0.15) is 21.5 Å². The van der Waals surface area contributed by atoms with Crippen molar-refractivity contribution in [2.45, 2.75) is 6.54 Å². The van der Waals surface area contributed by atoms with Crippen LogP contribution in [0.3, 0.4) is 0 Å². The van der Waals surface area contributed by atoms with Crippen molar-refractivity contribution >= 4 is 17.3 Å². The van der Waals surface area contributed by atoms with Gasteiger partial charge < -0.3 is 4.57 Å². The number of fused-ring (bicyclic) bond motifs is 1. The highest BCUT2D eigenvalue weighted by Gasteiger charge is 2.09. The maximum Gasteiger partial charge on any atom is 0.152 e. The van der Waals surface area contributed by atoms with Crippen LogP contribution in [0.15, 0.2) is 42.7 Å². The number of aromatic nitrogens is 2. The van der Waals surface area contributed by atoms with Gasteiger partial charge in [-0.1, -0.05) is 0 Å². The van der Waals surface area contributed by atoms with Crippen molar-refractivity contribution in [3.63, 3.8) is 0 Å². The van der Waals surface area contributed by atoms with Crippen LogP contribution in [-0.2, 0) is 6.54 Å². The second-order valence-corrected chi connectivity index (χ2v) is 4.66. The number of benzene rings is 1. The van der Waals surface area contributed by atoms with Gasteiger partial charge in [0.15, 0.2) is 6.29 Å². The Kier molecular flexibility index (Phi) is 3.20. The quantitative estimate of drug-likeness (QED) is 0.693. The second-order valence-electron chi connectivity index (χ2n) is 4.66.